The fraction of sp³-hybridized carbons (Fsp3) is 0.278. The molecule has 10 nitrogen and oxygen atoms in total. The first-order chi connectivity index (χ1) is 13.7. The summed E-state index contributed by atoms with van der Waals surface area (Å²) in [6, 6.07) is 12.2. The SMILES string of the molecule is CS(=O)(=O)N(CC(=O)NC[C@@H]1COc2ccccc2O1)c1cccc([N+](=O)[O-])c1. The predicted octanol–water partition coefficient (Wildman–Crippen LogP) is 1.32. The van der Waals surface area contributed by atoms with Gasteiger partial charge >= 0.3 is 0 Å². The van der Waals surface area contributed by atoms with E-state index in [9.17, 15) is 23.3 Å². The lowest BCUT2D eigenvalue weighted by Gasteiger charge is -2.27. The Balaban J connectivity index is 1.64. The van der Waals surface area contributed by atoms with Crippen LogP contribution in [0.15, 0.2) is 48.5 Å². The molecule has 11 heteroatoms. The number of nitrogens with zero attached hydrogens (tertiary/aromatic N) is 2. The molecule has 1 aliphatic rings. The smallest absolute Gasteiger partial charge is 0.271 e. The van der Waals surface area contributed by atoms with E-state index in [0.29, 0.717) is 11.5 Å². The molecule has 0 saturated carbocycles. The average Bonchev–Trinajstić information content (AvgIpc) is 2.69. The van der Waals surface area contributed by atoms with Crippen LogP contribution in [-0.4, -0.2) is 51.3 Å². The van der Waals surface area contributed by atoms with E-state index in [-0.39, 0.29) is 24.5 Å². The number of benzene rings is 2. The van der Waals surface area contributed by atoms with Gasteiger partial charge in [-0.25, -0.2) is 8.42 Å². The molecule has 0 saturated heterocycles. The molecule has 0 spiro atoms. The van der Waals surface area contributed by atoms with Gasteiger partial charge in [0.1, 0.15) is 19.3 Å². The normalized spacial score (nSPS) is 15.4. The van der Waals surface area contributed by atoms with Gasteiger partial charge in [0.2, 0.25) is 15.9 Å². The average molecular weight is 421 g/mol. The van der Waals surface area contributed by atoms with Crippen LogP contribution in [0.2, 0.25) is 0 Å². The highest BCUT2D eigenvalue weighted by Gasteiger charge is 2.25. The van der Waals surface area contributed by atoms with Crippen molar-refractivity contribution in [2.75, 3.05) is 30.3 Å². The molecule has 0 fully saturated rings. The number of non-ortho nitro benzene ring substituents is 1. The number of ether oxygens (including phenoxy) is 2. The number of para-hydroxylation sites is 2. The zero-order valence-electron chi connectivity index (χ0n) is 15.5. The number of nitro groups is 1. The third-order valence-corrected chi connectivity index (χ3v) is 5.25. The second kappa shape index (κ2) is 8.35. The summed E-state index contributed by atoms with van der Waals surface area (Å²) in [7, 11) is -3.84. The number of carbonyl (C=O) groups excluding carboxylic acids is 1. The van der Waals surface area contributed by atoms with Gasteiger partial charge in [0.25, 0.3) is 5.69 Å². The summed E-state index contributed by atoms with van der Waals surface area (Å²) in [6.07, 6.45) is 0.493. The summed E-state index contributed by atoms with van der Waals surface area (Å²) in [4.78, 5) is 22.6. The van der Waals surface area contributed by atoms with Gasteiger partial charge in [0.15, 0.2) is 11.5 Å². The molecule has 0 radical (unpaired) electrons. The van der Waals surface area contributed by atoms with Crippen molar-refractivity contribution in [2.45, 2.75) is 6.10 Å². The molecule has 3 rings (SSSR count). The van der Waals surface area contributed by atoms with E-state index >= 15 is 0 Å². The number of sulfonamides is 1. The minimum Gasteiger partial charge on any atom is -0.486 e. The molecule has 0 aromatic heterocycles. The zero-order valence-corrected chi connectivity index (χ0v) is 16.3. The number of rotatable bonds is 7. The number of hydrogen-bond acceptors (Lipinski definition) is 7. The monoisotopic (exact) mass is 421 g/mol. The lowest BCUT2D eigenvalue weighted by molar-refractivity contribution is -0.384. The minimum atomic E-state index is -3.84. The van der Waals surface area contributed by atoms with E-state index in [1.165, 1.54) is 18.2 Å². The topological polar surface area (TPSA) is 128 Å². The molecule has 1 aliphatic heterocycles. The van der Waals surface area contributed by atoms with Crippen molar-refractivity contribution in [1.29, 1.82) is 0 Å². The summed E-state index contributed by atoms with van der Waals surface area (Å²) in [6.45, 7) is -0.179. The van der Waals surface area contributed by atoms with Gasteiger partial charge < -0.3 is 14.8 Å². The maximum absolute atomic E-state index is 12.3. The Bertz CT molecular complexity index is 1030. The molecule has 0 aliphatic carbocycles. The molecule has 0 unspecified atom stereocenters. The number of nitro benzene ring substituents is 1. The van der Waals surface area contributed by atoms with E-state index < -0.39 is 33.5 Å². The van der Waals surface area contributed by atoms with Crippen molar-refractivity contribution in [2.24, 2.45) is 0 Å². The van der Waals surface area contributed by atoms with Crippen molar-refractivity contribution in [1.82, 2.24) is 5.32 Å². The standard InChI is InChI=1S/C18H19N3O7S/c1-29(25,26)20(13-5-4-6-14(9-13)21(23)24)11-18(22)19-10-15-12-27-16-7-2-3-8-17(16)28-15/h2-9,15H,10-12H2,1H3,(H,19,22)/t15-/m1/s1. The van der Waals surface area contributed by atoms with Crippen LogP contribution < -0.4 is 19.1 Å². The first kappa shape index (κ1) is 20.4. The maximum Gasteiger partial charge on any atom is 0.271 e. The molecule has 1 amide bonds. The highest BCUT2D eigenvalue weighted by molar-refractivity contribution is 7.92. The van der Waals surface area contributed by atoms with Crippen LogP contribution in [0.5, 0.6) is 11.5 Å². The fourth-order valence-electron chi connectivity index (χ4n) is 2.74. The van der Waals surface area contributed by atoms with Gasteiger partial charge in [-0.1, -0.05) is 18.2 Å². The summed E-state index contributed by atoms with van der Waals surface area (Å²) < 4.78 is 36.4. The number of carbonyl (C=O) groups is 1. The van der Waals surface area contributed by atoms with Crippen molar-refractivity contribution in [3.05, 3.63) is 58.6 Å². The third-order valence-electron chi connectivity index (χ3n) is 4.11. The lowest BCUT2D eigenvalue weighted by atomic mass is 10.2. The Labute approximate surface area is 167 Å². The second-order valence-corrected chi connectivity index (χ2v) is 8.26. The van der Waals surface area contributed by atoms with Gasteiger partial charge in [0.05, 0.1) is 23.4 Å². The van der Waals surface area contributed by atoms with Crippen LogP contribution in [0.3, 0.4) is 0 Å². The van der Waals surface area contributed by atoms with Crippen LogP contribution >= 0.6 is 0 Å². The van der Waals surface area contributed by atoms with Gasteiger partial charge in [-0.2, -0.15) is 0 Å². The molecule has 1 heterocycles. The van der Waals surface area contributed by atoms with Crippen LogP contribution in [0.4, 0.5) is 11.4 Å². The minimum absolute atomic E-state index is 0.0306. The number of anilines is 1. The van der Waals surface area contributed by atoms with Crippen LogP contribution in [0.25, 0.3) is 0 Å². The Hall–Kier alpha value is -3.34. The first-order valence-corrected chi connectivity index (χ1v) is 10.5. The molecule has 2 aromatic carbocycles. The fourth-order valence-corrected chi connectivity index (χ4v) is 3.59. The van der Waals surface area contributed by atoms with E-state index in [4.69, 9.17) is 9.47 Å². The molecular weight excluding hydrogens is 402 g/mol. The lowest BCUT2D eigenvalue weighted by Crippen LogP contribution is -2.45. The molecule has 0 bridgehead atoms. The van der Waals surface area contributed by atoms with Gasteiger partial charge in [-0.3, -0.25) is 19.2 Å². The molecule has 2 aromatic rings. The zero-order chi connectivity index (χ0) is 21.0. The first-order valence-electron chi connectivity index (χ1n) is 8.61. The molecule has 1 N–H and O–H groups in total. The second-order valence-electron chi connectivity index (χ2n) is 6.35. The molecule has 154 valence electrons. The van der Waals surface area contributed by atoms with E-state index in [0.717, 1.165) is 16.6 Å². The Morgan fingerprint density at radius 3 is 2.66 bits per heavy atom. The van der Waals surface area contributed by atoms with Crippen molar-refractivity contribution in [3.63, 3.8) is 0 Å². The summed E-state index contributed by atoms with van der Waals surface area (Å²) >= 11 is 0. The van der Waals surface area contributed by atoms with Crippen molar-refractivity contribution in [3.8, 4) is 11.5 Å². The number of fused-ring (bicyclic) bond motifs is 1. The van der Waals surface area contributed by atoms with Gasteiger partial charge in [0, 0.05) is 12.1 Å². The Morgan fingerprint density at radius 2 is 1.97 bits per heavy atom. The van der Waals surface area contributed by atoms with Crippen LogP contribution in [-0.2, 0) is 14.8 Å². The van der Waals surface area contributed by atoms with Crippen molar-refractivity contribution >= 4 is 27.3 Å². The summed E-state index contributed by atoms with van der Waals surface area (Å²) in [5, 5.41) is 13.6. The third kappa shape index (κ3) is 5.13. The van der Waals surface area contributed by atoms with E-state index in [2.05, 4.69) is 5.32 Å². The quantitative estimate of drug-likeness (QED) is 0.527. The van der Waals surface area contributed by atoms with E-state index in [1.807, 2.05) is 6.07 Å². The maximum atomic E-state index is 12.3. The largest absolute Gasteiger partial charge is 0.486 e. The Morgan fingerprint density at radius 1 is 1.24 bits per heavy atom. The highest BCUT2D eigenvalue weighted by atomic mass is 32.2. The van der Waals surface area contributed by atoms with Crippen LogP contribution in [0.1, 0.15) is 0 Å². The molecular formula is C18H19N3O7S. The van der Waals surface area contributed by atoms with Gasteiger partial charge in [-0.05, 0) is 18.2 Å². The Kier molecular flexibility index (Phi) is 5.87. The van der Waals surface area contributed by atoms with Crippen molar-refractivity contribution < 1.29 is 27.6 Å². The van der Waals surface area contributed by atoms with E-state index in [1.54, 1.807) is 18.2 Å². The predicted molar refractivity (Wildman–Crippen MR) is 105 cm³/mol. The highest BCUT2D eigenvalue weighted by Crippen LogP contribution is 2.30. The summed E-state index contributed by atoms with van der Waals surface area (Å²) in [5.41, 5.74) is -0.244. The number of amides is 1. The molecule has 1 atom stereocenters. The summed E-state index contributed by atoms with van der Waals surface area (Å²) in [5.74, 6) is 0.598. The molecule has 29 heavy (non-hydrogen) atoms. The number of hydrogen-bond donors (Lipinski definition) is 1. The van der Waals surface area contributed by atoms with Gasteiger partial charge in [-0.15, -0.1) is 0 Å². The number of nitrogens with one attached hydrogen (secondary N) is 1. The van der Waals surface area contributed by atoms with Crippen LogP contribution in [0, 0.1) is 10.1 Å².